The Hall–Kier alpha value is -1.38. The van der Waals surface area contributed by atoms with E-state index in [0.717, 1.165) is 41.9 Å². The van der Waals surface area contributed by atoms with Gasteiger partial charge in [0.05, 0.1) is 11.4 Å². The first kappa shape index (κ1) is 22.3. The first-order valence-corrected chi connectivity index (χ1v) is 9.89. The van der Waals surface area contributed by atoms with Crippen LogP contribution in [0, 0.1) is 70.6 Å². The Bertz CT molecular complexity index is 701. The molecule has 0 spiro atoms. The van der Waals surface area contributed by atoms with Gasteiger partial charge in [0.1, 0.15) is 0 Å². The number of hydrogen-bond acceptors (Lipinski definition) is 3. The van der Waals surface area contributed by atoms with Crippen LogP contribution >= 0.6 is 0 Å². The van der Waals surface area contributed by atoms with Gasteiger partial charge in [-0.05, 0) is 83.6 Å². The molecule has 1 aliphatic heterocycles. The van der Waals surface area contributed by atoms with E-state index < -0.39 is 0 Å². The van der Waals surface area contributed by atoms with Crippen molar-refractivity contribution < 1.29 is 17.1 Å². The summed E-state index contributed by atoms with van der Waals surface area (Å²) in [5.74, 6) is 2.01. The number of hydrogen-bond donors (Lipinski definition) is 0. The molecule has 0 atom stereocenters. The van der Waals surface area contributed by atoms with E-state index in [1.54, 1.807) is 0 Å². The first-order valence-electron chi connectivity index (χ1n) is 9.89. The average Bonchev–Trinajstić information content (AvgIpc) is 3.53. The average molecular weight is 423 g/mol. The van der Waals surface area contributed by atoms with Crippen LogP contribution in [0.25, 0.3) is 11.3 Å². The number of rotatable bonds is 3. The second-order valence-electron chi connectivity index (χ2n) is 7.13. The minimum atomic E-state index is 0. The molecule has 0 bridgehead atoms. The van der Waals surface area contributed by atoms with Crippen LogP contribution in [0.3, 0.4) is 0 Å². The molecule has 2 aromatic rings. The fourth-order valence-corrected chi connectivity index (χ4v) is 3.38. The number of anilines is 1. The third kappa shape index (κ3) is 6.06. The zero-order valence-corrected chi connectivity index (χ0v) is 17.7. The summed E-state index contributed by atoms with van der Waals surface area (Å²) in [5.41, 5.74) is 4.41. The van der Waals surface area contributed by atoms with Crippen molar-refractivity contribution in [2.75, 3.05) is 18.0 Å². The van der Waals surface area contributed by atoms with E-state index in [-0.39, 0.29) is 17.1 Å². The topological polar surface area (TPSA) is 29.0 Å². The third-order valence-corrected chi connectivity index (χ3v) is 4.96. The molecule has 10 radical (unpaired) electrons. The van der Waals surface area contributed by atoms with Gasteiger partial charge in [0.15, 0.2) is 0 Å². The van der Waals surface area contributed by atoms with Gasteiger partial charge in [0.2, 0.25) is 5.95 Å². The molecule has 0 N–H and O–H groups in total. The number of nitrogens with zero attached hydrogens (tertiary/aromatic N) is 3. The number of aryl methyl sites for hydroxylation is 1. The van der Waals surface area contributed by atoms with Crippen molar-refractivity contribution in [2.45, 2.75) is 19.8 Å². The van der Waals surface area contributed by atoms with Crippen LogP contribution in [0.5, 0.6) is 0 Å². The van der Waals surface area contributed by atoms with E-state index in [4.69, 9.17) is 9.97 Å². The maximum absolute atomic E-state index is 4.84. The maximum Gasteiger partial charge on any atom is 2.00 e. The first-order chi connectivity index (χ1) is 13.8. The van der Waals surface area contributed by atoms with Gasteiger partial charge in [-0.2, -0.15) is 0 Å². The fourth-order valence-electron chi connectivity index (χ4n) is 3.38. The Balaban J connectivity index is 0.000000352. The van der Waals surface area contributed by atoms with Crippen molar-refractivity contribution in [3.8, 4) is 11.3 Å². The molecule has 0 unspecified atom stereocenters. The Labute approximate surface area is 187 Å². The van der Waals surface area contributed by atoms with Crippen molar-refractivity contribution in [2.24, 2.45) is 0 Å². The van der Waals surface area contributed by atoms with Crippen molar-refractivity contribution in [1.29, 1.82) is 0 Å². The summed E-state index contributed by atoms with van der Waals surface area (Å²) in [7, 11) is 0. The molecule has 3 nitrogen and oxygen atoms in total. The zero-order valence-electron chi connectivity index (χ0n) is 16.6. The quantitative estimate of drug-likeness (QED) is 0.663. The number of benzene rings is 1. The van der Waals surface area contributed by atoms with E-state index in [9.17, 15) is 0 Å². The molecule has 4 heteroatoms. The summed E-state index contributed by atoms with van der Waals surface area (Å²) in [6, 6.07) is 10.6. The molecule has 1 aromatic heterocycles. The van der Waals surface area contributed by atoms with Crippen LogP contribution in [0.15, 0.2) is 30.3 Å². The molecule has 0 amide bonds. The fraction of sp³-hybridized carbons (Fsp3) is 0.200. The third-order valence-electron chi connectivity index (χ3n) is 4.96. The van der Waals surface area contributed by atoms with Crippen molar-refractivity contribution in [3.63, 3.8) is 0 Å². The van der Waals surface area contributed by atoms with E-state index in [1.807, 2.05) is 32.1 Å². The molecule has 1 aromatic carbocycles. The second kappa shape index (κ2) is 11.1. The normalized spacial score (nSPS) is 19.0. The van der Waals surface area contributed by atoms with Crippen LogP contribution in [-0.2, 0) is 17.1 Å². The van der Waals surface area contributed by atoms with Crippen LogP contribution in [0.2, 0.25) is 0 Å². The Morgan fingerprint density at radius 2 is 1.28 bits per heavy atom. The van der Waals surface area contributed by atoms with Gasteiger partial charge in [-0.3, -0.25) is 0 Å². The van der Waals surface area contributed by atoms with Gasteiger partial charge >= 0.3 is 17.1 Å². The molecule has 29 heavy (non-hydrogen) atoms. The summed E-state index contributed by atoms with van der Waals surface area (Å²) >= 11 is 0. The van der Waals surface area contributed by atoms with E-state index in [1.165, 1.54) is 18.4 Å². The molecule has 146 valence electrons. The van der Waals surface area contributed by atoms with Gasteiger partial charge in [-0.15, -0.1) is 0 Å². The predicted octanol–water partition coefficient (Wildman–Crippen LogP) is 4.82. The zero-order chi connectivity index (χ0) is 19.2. The van der Waals surface area contributed by atoms with Crippen molar-refractivity contribution in [3.05, 3.63) is 105 Å². The molecule has 2 aliphatic carbocycles. The summed E-state index contributed by atoms with van der Waals surface area (Å²) in [5, 5.41) is 0. The molecular weight excluding hydrogens is 398 g/mol. The summed E-state index contributed by atoms with van der Waals surface area (Å²) in [6.07, 6.45) is 20.8. The van der Waals surface area contributed by atoms with Crippen LogP contribution in [0.4, 0.5) is 5.95 Å². The molecule has 5 rings (SSSR count). The minimum absolute atomic E-state index is 0. The number of aromatic nitrogens is 2. The standard InChI is InChI=1S/C20H20N3.C5H5.Fe/c1-15-8-10-17(11-9-15)19-14-18(16-6-2-3-7-16)21-20(22-19)23-12-4-5-13-23;1-2-4-5-3-1;/h2-3,6-11,14H,4-5,12-13H2,1H3;1-5H;/q;;+2. The maximum atomic E-state index is 4.84. The van der Waals surface area contributed by atoms with E-state index in [0.29, 0.717) is 0 Å². The van der Waals surface area contributed by atoms with Crippen LogP contribution in [-0.4, -0.2) is 23.1 Å². The van der Waals surface area contributed by atoms with Crippen LogP contribution in [0.1, 0.15) is 24.1 Å². The van der Waals surface area contributed by atoms with Crippen LogP contribution < -0.4 is 4.90 Å². The summed E-state index contributed by atoms with van der Waals surface area (Å²) in [4.78, 5) is 12.0. The van der Waals surface area contributed by atoms with Gasteiger partial charge in [-0.25, -0.2) is 9.97 Å². The molecular formula is C25H25FeN3+2. The molecule has 2 saturated carbocycles. The largest absolute Gasteiger partial charge is 2.00 e. The predicted molar refractivity (Wildman–Crippen MR) is 115 cm³/mol. The van der Waals surface area contributed by atoms with Gasteiger partial charge in [-0.1, -0.05) is 29.8 Å². The van der Waals surface area contributed by atoms with Gasteiger partial charge in [0.25, 0.3) is 0 Å². The van der Waals surface area contributed by atoms with Crippen molar-refractivity contribution in [1.82, 2.24) is 9.97 Å². The van der Waals surface area contributed by atoms with Crippen molar-refractivity contribution >= 4 is 5.95 Å². The van der Waals surface area contributed by atoms with E-state index >= 15 is 0 Å². The van der Waals surface area contributed by atoms with Gasteiger partial charge < -0.3 is 4.90 Å². The Morgan fingerprint density at radius 3 is 1.86 bits per heavy atom. The van der Waals surface area contributed by atoms with Gasteiger partial charge in [0, 0.05) is 24.6 Å². The molecule has 2 heterocycles. The molecule has 3 fully saturated rings. The minimum Gasteiger partial charge on any atom is -0.341 e. The SMILES string of the molecule is Cc1ccc(-c2cc([C]3[CH][CH][CH][CH]3)nc(N3CCCC3)n2)cc1.[CH]1[CH][CH][CH][CH]1.[Fe+2]. The molecule has 3 aliphatic rings. The van der Waals surface area contributed by atoms with E-state index in [2.05, 4.69) is 67.8 Å². The Morgan fingerprint density at radius 1 is 0.724 bits per heavy atom. The Kier molecular flexibility index (Phi) is 8.56. The second-order valence-corrected chi connectivity index (χ2v) is 7.13. The summed E-state index contributed by atoms with van der Waals surface area (Å²) in [6.45, 7) is 4.21. The smallest absolute Gasteiger partial charge is 0.341 e. The monoisotopic (exact) mass is 423 g/mol. The summed E-state index contributed by atoms with van der Waals surface area (Å²) < 4.78 is 0. The molecule has 1 saturated heterocycles.